The Morgan fingerprint density at radius 2 is 1.60 bits per heavy atom. The molecule has 0 amide bonds. The van der Waals surface area contributed by atoms with Crippen molar-refractivity contribution in [3.63, 3.8) is 0 Å². The second-order valence-corrected chi connectivity index (χ2v) is 13.4. The van der Waals surface area contributed by atoms with Gasteiger partial charge in [0.05, 0.1) is 17.7 Å². The van der Waals surface area contributed by atoms with Crippen LogP contribution in [-0.2, 0) is 16.4 Å². The lowest BCUT2D eigenvalue weighted by Crippen LogP contribution is -2.33. The van der Waals surface area contributed by atoms with Crippen LogP contribution in [0.3, 0.4) is 0 Å². The number of benzene rings is 2. The molecule has 2 aromatic carbocycles. The average molecular weight is 639 g/mol. The highest BCUT2D eigenvalue weighted by atomic mass is 32.2. The van der Waals surface area contributed by atoms with Crippen molar-refractivity contribution < 1.29 is 26.3 Å². The zero-order valence-corrected chi connectivity index (χ0v) is 26.1. The smallest absolute Gasteiger partial charge is 0.394 e. The first-order valence-corrected chi connectivity index (χ1v) is 16.5. The molecule has 238 valence electrons. The highest BCUT2D eigenvalue weighted by Gasteiger charge is 2.46. The average Bonchev–Trinajstić information content (AvgIpc) is 3.00. The lowest BCUT2D eigenvalue weighted by molar-refractivity contribution is -0.215. The van der Waals surface area contributed by atoms with Crippen LogP contribution in [-0.4, -0.2) is 37.7 Å². The number of nitrogens with one attached hydrogen (secondary N) is 2. The Balaban J connectivity index is 1.53. The molecule has 45 heavy (non-hydrogen) atoms. The van der Waals surface area contributed by atoms with Gasteiger partial charge in [0.2, 0.25) is 0 Å². The van der Waals surface area contributed by atoms with Crippen LogP contribution in [0.2, 0.25) is 0 Å². The molecule has 2 N–H and O–H groups in total. The van der Waals surface area contributed by atoms with Gasteiger partial charge in [-0.1, -0.05) is 69.2 Å². The molecule has 5 rings (SSSR count). The number of aromatic nitrogens is 2. The van der Waals surface area contributed by atoms with Gasteiger partial charge in [-0.3, -0.25) is 4.72 Å². The maximum atomic E-state index is 13.4. The van der Waals surface area contributed by atoms with E-state index in [9.17, 15) is 21.6 Å². The molecule has 0 unspecified atom stereocenters. The van der Waals surface area contributed by atoms with E-state index in [1.54, 1.807) is 42.5 Å². The topological polar surface area (TPSA) is 93.2 Å². The van der Waals surface area contributed by atoms with E-state index in [-0.39, 0.29) is 23.9 Å². The second kappa shape index (κ2) is 13.5. The van der Waals surface area contributed by atoms with Crippen molar-refractivity contribution in [2.24, 2.45) is 5.41 Å². The molecular formula is C34H37F3N4O3S. The monoisotopic (exact) mass is 638 g/mol. The van der Waals surface area contributed by atoms with Crippen LogP contribution in [0, 0.1) is 5.41 Å². The lowest BCUT2D eigenvalue weighted by atomic mass is 9.89. The van der Waals surface area contributed by atoms with Gasteiger partial charge in [-0.2, -0.15) is 21.6 Å². The summed E-state index contributed by atoms with van der Waals surface area (Å²) in [6.07, 6.45) is 0.248. The molecule has 3 heterocycles. The summed E-state index contributed by atoms with van der Waals surface area (Å²) in [5.74, 6) is 1.05. The van der Waals surface area contributed by atoms with Gasteiger partial charge in [0.25, 0.3) is 10.0 Å². The number of anilines is 2. The molecule has 0 saturated carbocycles. The molecule has 4 aromatic rings. The molecule has 0 saturated heterocycles. The molecule has 1 aliphatic rings. The highest BCUT2D eigenvalue weighted by molar-refractivity contribution is 7.92. The Hall–Kier alpha value is -4.12. The number of halogens is 3. The summed E-state index contributed by atoms with van der Waals surface area (Å²) in [4.78, 5) is 9.14. The summed E-state index contributed by atoms with van der Waals surface area (Å²) >= 11 is 0. The molecule has 1 aliphatic heterocycles. The fraction of sp³-hybridized carbons (Fsp3) is 0.353. The van der Waals surface area contributed by atoms with Crippen molar-refractivity contribution >= 4 is 21.7 Å². The number of hydrogen-bond acceptors (Lipinski definition) is 6. The van der Waals surface area contributed by atoms with Crippen molar-refractivity contribution in [2.75, 3.05) is 23.2 Å². The molecule has 11 heteroatoms. The maximum Gasteiger partial charge on any atom is 0.394 e. The van der Waals surface area contributed by atoms with E-state index in [0.717, 1.165) is 68.2 Å². The van der Waals surface area contributed by atoms with E-state index >= 15 is 0 Å². The van der Waals surface area contributed by atoms with Crippen LogP contribution in [0.4, 0.5) is 24.8 Å². The summed E-state index contributed by atoms with van der Waals surface area (Å²) in [6.45, 7) is 2.91. The first-order valence-electron chi connectivity index (χ1n) is 15.1. The first kappa shape index (κ1) is 32.3. The molecule has 0 radical (unpaired) electrons. The molecule has 0 aliphatic carbocycles. The minimum atomic E-state index is -4.33. The summed E-state index contributed by atoms with van der Waals surface area (Å²) in [6, 6.07) is 23.3. The number of sulfonamides is 1. The van der Waals surface area contributed by atoms with Crippen LogP contribution >= 0.6 is 0 Å². The summed E-state index contributed by atoms with van der Waals surface area (Å²) in [5, 5.41) is 3.09. The predicted molar refractivity (Wildman–Crippen MR) is 171 cm³/mol. The third-order valence-corrected chi connectivity index (χ3v) is 9.25. The molecule has 0 atom stereocenters. The second-order valence-electron chi connectivity index (χ2n) is 11.8. The summed E-state index contributed by atoms with van der Waals surface area (Å²) in [5.41, 5.74) is 2.13. The molecule has 7 nitrogen and oxygen atoms in total. The molecule has 0 spiro atoms. The van der Waals surface area contributed by atoms with Gasteiger partial charge in [-0.25, -0.2) is 9.97 Å². The zero-order valence-electron chi connectivity index (χ0n) is 25.3. The van der Waals surface area contributed by atoms with Crippen LogP contribution in [0.1, 0.15) is 51.5 Å². The first-order chi connectivity index (χ1) is 21.4. The summed E-state index contributed by atoms with van der Waals surface area (Å²) in [7, 11) is -4.05. The Labute approximate surface area is 262 Å². The van der Waals surface area contributed by atoms with Crippen molar-refractivity contribution in [1.82, 2.24) is 9.97 Å². The number of alkyl halides is 3. The lowest BCUT2D eigenvalue weighted by Gasteiger charge is -2.27. The van der Waals surface area contributed by atoms with Crippen LogP contribution < -0.4 is 14.8 Å². The number of fused-ring (bicyclic) bond motifs is 6. The van der Waals surface area contributed by atoms with Crippen LogP contribution in [0.15, 0.2) is 83.9 Å². The van der Waals surface area contributed by atoms with Crippen molar-refractivity contribution in [2.45, 2.75) is 63.6 Å². The van der Waals surface area contributed by atoms with E-state index < -0.39 is 21.6 Å². The van der Waals surface area contributed by atoms with Gasteiger partial charge in [0, 0.05) is 17.7 Å². The minimum absolute atomic E-state index is 0.102. The van der Waals surface area contributed by atoms with Crippen LogP contribution in [0.25, 0.3) is 22.4 Å². The Morgan fingerprint density at radius 1 is 0.822 bits per heavy atom. The van der Waals surface area contributed by atoms with Crippen molar-refractivity contribution in [1.29, 1.82) is 0 Å². The fourth-order valence-corrected chi connectivity index (χ4v) is 6.08. The fourth-order valence-electron chi connectivity index (χ4n) is 5.11. The number of hydrogen-bond donors (Lipinski definition) is 2. The maximum absolute atomic E-state index is 13.4. The number of ether oxygens (including phenoxy) is 1. The quantitative estimate of drug-likeness (QED) is 0.228. The third kappa shape index (κ3) is 7.94. The zero-order chi connectivity index (χ0) is 32.1. The van der Waals surface area contributed by atoms with E-state index in [1.807, 2.05) is 24.3 Å². The number of nitrogens with zero attached hydrogens (tertiary/aromatic N) is 2. The molecule has 4 bridgehead atoms. The van der Waals surface area contributed by atoms with Gasteiger partial charge in [-0.15, -0.1) is 0 Å². The van der Waals surface area contributed by atoms with E-state index in [4.69, 9.17) is 9.72 Å². The molecule has 0 fully saturated rings. The molecular weight excluding hydrogens is 601 g/mol. The largest absolute Gasteiger partial charge is 0.494 e. The van der Waals surface area contributed by atoms with Gasteiger partial charge < -0.3 is 10.1 Å². The highest BCUT2D eigenvalue weighted by Crippen LogP contribution is 2.40. The van der Waals surface area contributed by atoms with E-state index in [1.165, 1.54) is 6.07 Å². The Morgan fingerprint density at radius 3 is 2.42 bits per heavy atom. The van der Waals surface area contributed by atoms with E-state index in [0.29, 0.717) is 23.8 Å². The minimum Gasteiger partial charge on any atom is -0.494 e. The number of pyridine rings is 2. The summed E-state index contributed by atoms with van der Waals surface area (Å²) < 4.78 is 75.1. The third-order valence-electron chi connectivity index (χ3n) is 7.99. The standard InChI is InChI=1S/C34H37F3N4O3S/c1-33(2,34(35,36)37)20-22-44-26-14-9-13-25(23-26)28-18-19-30-40-32(28)27-15-7-6-12-24(27)11-5-3-4-8-21-38-29-16-10-17-31(39-29)45(42,43)41-30/h6-7,9-10,12-19,23H,3-5,8,11,20-22H2,1-2H3,(H,38,39)(H,40,41). The Bertz CT molecular complexity index is 1740. The number of aryl methyl sites for hydroxylation is 1. The van der Waals surface area contributed by atoms with Crippen molar-refractivity contribution in [3.05, 3.63) is 84.4 Å². The van der Waals surface area contributed by atoms with Gasteiger partial charge >= 0.3 is 6.18 Å². The van der Waals surface area contributed by atoms with Crippen molar-refractivity contribution in [3.8, 4) is 28.1 Å². The molecule has 2 aromatic heterocycles. The van der Waals surface area contributed by atoms with E-state index in [2.05, 4.69) is 21.1 Å². The number of rotatable bonds is 5. The Kier molecular flexibility index (Phi) is 9.67. The van der Waals surface area contributed by atoms with Gasteiger partial charge in [-0.05, 0) is 73.2 Å². The predicted octanol–water partition coefficient (Wildman–Crippen LogP) is 8.50. The van der Waals surface area contributed by atoms with Crippen LogP contribution in [0.5, 0.6) is 5.75 Å². The SMILES string of the molecule is CC(C)(CCOc1cccc(-c2ccc3nc2-c2ccccc2CCCCCCNc2cccc(n2)S(=O)(=O)N3)c1)C(F)(F)F. The van der Waals surface area contributed by atoms with Gasteiger partial charge in [0.1, 0.15) is 17.4 Å². The van der Waals surface area contributed by atoms with Gasteiger partial charge in [0.15, 0.2) is 5.03 Å². The normalized spacial score (nSPS) is 15.6.